The molecule has 0 saturated heterocycles. The third-order valence-corrected chi connectivity index (χ3v) is 4.56. The predicted molar refractivity (Wildman–Crippen MR) is 106 cm³/mol. The summed E-state index contributed by atoms with van der Waals surface area (Å²) in [6.45, 7) is 7.66. The van der Waals surface area contributed by atoms with E-state index in [1.165, 1.54) is 4.90 Å². The lowest BCUT2D eigenvalue weighted by atomic mass is 9.82. The van der Waals surface area contributed by atoms with E-state index in [9.17, 15) is 14.7 Å². The van der Waals surface area contributed by atoms with Gasteiger partial charge in [-0.3, -0.25) is 19.5 Å². The van der Waals surface area contributed by atoms with Crippen molar-refractivity contribution < 1.29 is 19.4 Å². The Balaban J connectivity index is 2.16. The lowest BCUT2D eigenvalue weighted by molar-refractivity contribution is -0.123. The van der Waals surface area contributed by atoms with E-state index in [1.54, 1.807) is 69.6 Å². The zero-order chi connectivity index (χ0) is 20.5. The number of pyridine rings is 1. The number of nitrogens with zero attached hydrogens (tertiary/aromatic N) is 2. The number of ether oxygens (including phenoxy) is 1. The number of carbonyl (C=O) groups is 2. The fourth-order valence-corrected chi connectivity index (χ4v) is 3.26. The summed E-state index contributed by atoms with van der Waals surface area (Å²) in [5.41, 5.74) is 0.589. The van der Waals surface area contributed by atoms with E-state index in [2.05, 4.69) is 4.98 Å². The normalized spacial score (nSPS) is 17.2. The van der Waals surface area contributed by atoms with Crippen LogP contribution in [0.4, 0.5) is 5.69 Å². The molecule has 1 atom stereocenters. The molecule has 1 aromatic heterocycles. The molecule has 3 rings (SSSR count). The highest BCUT2D eigenvalue weighted by molar-refractivity contribution is 6.17. The number of benzene rings is 1. The molecule has 146 valence electrons. The van der Waals surface area contributed by atoms with Gasteiger partial charge in [-0.05, 0) is 36.8 Å². The molecule has 0 bridgehead atoms. The third-order valence-electron chi connectivity index (χ3n) is 4.56. The Bertz CT molecular complexity index is 929. The van der Waals surface area contributed by atoms with Crippen LogP contribution in [0, 0.1) is 5.41 Å². The molecule has 1 aromatic carbocycles. The number of ketones is 1. The minimum Gasteiger partial charge on any atom is -0.503 e. The zero-order valence-corrected chi connectivity index (χ0v) is 16.5. The Morgan fingerprint density at radius 1 is 1.21 bits per heavy atom. The van der Waals surface area contributed by atoms with Crippen LogP contribution in [0.25, 0.3) is 0 Å². The first-order chi connectivity index (χ1) is 13.3. The van der Waals surface area contributed by atoms with Gasteiger partial charge in [0.25, 0.3) is 5.91 Å². The van der Waals surface area contributed by atoms with Crippen molar-refractivity contribution in [3.8, 4) is 5.75 Å². The number of hydrogen-bond acceptors (Lipinski definition) is 5. The smallest absolute Gasteiger partial charge is 0.294 e. The van der Waals surface area contributed by atoms with Gasteiger partial charge in [-0.1, -0.05) is 26.8 Å². The van der Waals surface area contributed by atoms with Crippen molar-refractivity contribution in [1.82, 2.24) is 4.98 Å². The molecule has 28 heavy (non-hydrogen) atoms. The number of aromatic nitrogens is 1. The van der Waals surface area contributed by atoms with Gasteiger partial charge in [-0.25, -0.2) is 0 Å². The molecule has 6 heteroatoms. The van der Waals surface area contributed by atoms with E-state index < -0.39 is 23.1 Å². The SMILES string of the molecule is CCOc1cccc(N2C(=O)C(O)=C(C(=O)C(C)(C)C)C2c2ccncc2)c1. The van der Waals surface area contributed by atoms with Crippen LogP contribution in [0.15, 0.2) is 60.1 Å². The van der Waals surface area contributed by atoms with Crippen molar-refractivity contribution in [3.05, 3.63) is 65.7 Å². The molecular weight excluding hydrogens is 356 g/mol. The van der Waals surface area contributed by atoms with Crippen molar-refractivity contribution in [2.75, 3.05) is 11.5 Å². The molecule has 0 saturated carbocycles. The molecule has 1 aliphatic rings. The van der Waals surface area contributed by atoms with Gasteiger partial charge >= 0.3 is 0 Å². The van der Waals surface area contributed by atoms with Crippen molar-refractivity contribution in [3.63, 3.8) is 0 Å². The van der Waals surface area contributed by atoms with E-state index in [-0.39, 0.29) is 11.4 Å². The summed E-state index contributed by atoms with van der Waals surface area (Å²) in [5, 5.41) is 10.6. The second-order valence-electron chi connectivity index (χ2n) is 7.63. The van der Waals surface area contributed by atoms with Crippen LogP contribution in [-0.4, -0.2) is 28.4 Å². The fraction of sp³-hybridized carbons (Fsp3) is 0.318. The summed E-state index contributed by atoms with van der Waals surface area (Å²) in [6.07, 6.45) is 3.20. The number of aliphatic hydroxyl groups excluding tert-OH is 1. The molecule has 1 unspecified atom stereocenters. The number of amides is 1. The van der Waals surface area contributed by atoms with Gasteiger partial charge in [0, 0.05) is 29.6 Å². The van der Waals surface area contributed by atoms with Crippen LogP contribution in [0.1, 0.15) is 39.3 Å². The molecule has 1 N–H and O–H groups in total. The van der Waals surface area contributed by atoms with Gasteiger partial charge in [-0.15, -0.1) is 0 Å². The summed E-state index contributed by atoms with van der Waals surface area (Å²) in [7, 11) is 0. The Hall–Kier alpha value is -3.15. The average molecular weight is 380 g/mol. The summed E-state index contributed by atoms with van der Waals surface area (Å²) in [4.78, 5) is 31.6. The largest absolute Gasteiger partial charge is 0.503 e. The topological polar surface area (TPSA) is 79.7 Å². The number of hydrogen-bond donors (Lipinski definition) is 1. The quantitative estimate of drug-likeness (QED) is 0.848. The maximum atomic E-state index is 13.1. The molecule has 2 heterocycles. The molecule has 2 aromatic rings. The number of Topliss-reactive ketones (excluding diaryl/α,β-unsaturated/α-hetero) is 1. The number of aliphatic hydroxyl groups is 1. The number of carbonyl (C=O) groups excluding carboxylic acids is 2. The van der Waals surface area contributed by atoms with Gasteiger partial charge in [0.15, 0.2) is 11.5 Å². The van der Waals surface area contributed by atoms with E-state index in [0.717, 1.165) is 0 Å². The Labute approximate surface area is 164 Å². The second-order valence-corrected chi connectivity index (χ2v) is 7.63. The van der Waals surface area contributed by atoms with Gasteiger partial charge in [-0.2, -0.15) is 0 Å². The monoisotopic (exact) mass is 380 g/mol. The van der Waals surface area contributed by atoms with Crippen molar-refractivity contribution >= 4 is 17.4 Å². The first-order valence-corrected chi connectivity index (χ1v) is 9.20. The summed E-state index contributed by atoms with van der Waals surface area (Å²) >= 11 is 0. The van der Waals surface area contributed by atoms with Gasteiger partial charge in [0.2, 0.25) is 0 Å². The third kappa shape index (κ3) is 3.50. The van der Waals surface area contributed by atoms with Crippen LogP contribution in [-0.2, 0) is 9.59 Å². The van der Waals surface area contributed by atoms with Gasteiger partial charge in [0.05, 0.1) is 18.2 Å². The van der Waals surface area contributed by atoms with Crippen LogP contribution in [0.2, 0.25) is 0 Å². The van der Waals surface area contributed by atoms with Crippen LogP contribution in [0.5, 0.6) is 5.75 Å². The first kappa shape index (κ1) is 19.6. The maximum Gasteiger partial charge on any atom is 0.294 e. The number of rotatable bonds is 5. The van der Waals surface area contributed by atoms with Crippen LogP contribution in [0.3, 0.4) is 0 Å². The van der Waals surface area contributed by atoms with Crippen molar-refractivity contribution in [1.29, 1.82) is 0 Å². The highest BCUT2D eigenvalue weighted by atomic mass is 16.5. The molecule has 1 amide bonds. The van der Waals surface area contributed by atoms with Crippen LogP contribution < -0.4 is 9.64 Å². The van der Waals surface area contributed by atoms with Crippen LogP contribution >= 0.6 is 0 Å². The lowest BCUT2D eigenvalue weighted by Crippen LogP contribution is -2.32. The maximum absolute atomic E-state index is 13.1. The number of anilines is 1. The lowest BCUT2D eigenvalue weighted by Gasteiger charge is -2.29. The van der Waals surface area contributed by atoms with E-state index in [0.29, 0.717) is 23.6 Å². The minimum absolute atomic E-state index is 0.102. The zero-order valence-electron chi connectivity index (χ0n) is 16.5. The molecule has 6 nitrogen and oxygen atoms in total. The standard InChI is InChI=1S/C22H24N2O4/c1-5-28-16-8-6-7-15(13-16)24-18(14-9-11-23-12-10-14)17(19(25)21(24)27)20(26)22(2,3)4/h6-13,18,25H,5H2,1-4H3. The van der Waals surface area contributed by atoms with Gasteiger partial charge < -0.3 is 9.84 Å². The van der Waals surface area contributed by atoms with E-state index in [4.69, 9.17) is 4.74 Å². The first-order valence-electron chi connectivity index (χ1n) is 9.20. The molecule has 0 spiro atoms. The molecule has 0 fully saturated rings. The Morgan fingerprint density at radius 2 is 1.89 bits per heavy atom. The fourth-order valence-electron chi connectivity index (χ4n) is 3.26. The highest BCUT2D eigenvalue weighted by Crippen LogP contribution is 2.43. The van der Waals surface area contributed by atoms with Gasteiger partial charge in [0.1, 0.15) is 5.75 Å². The summed E-state index contributed by atoms with van der Waals surface area (Å²) in [6, 6.07) is 9.80. The highest BCUT2D eigenvalue weighted by Gasteiger charge is 2.46. The van der Waals surface area contributed by atoms with Crippen molar-refractivity contribution in [2.24, 2.45) is 5.41 Å². The van der Waals surface area contributed by atoms with E-state index >= 15 is 0 Å². The summed E-state index contributed by atoms with van der Waals surface area (Å²) < 4.78 is 5.55. The van der Waals surface area contributed by atoms with E-state index in [1.807, 2.05) is 6.92 Å². The minimum atomic E-state index is -0.752. The second kappa shape index (κ2) is 7.46. The molecule has 0 radical (unpaired) electrons. The Morgan fingerprint density at radius 3 is 2.50 bits per heavy atom. The van der Waals surface area contributed by atoms with Crippen molar-refractivity contribution in [2.45, 2.75) is 33.7 Å². The summed E-state index contributed by atoms with van der Waals surface area (Å²) in [5.74, 6) is -0.786. The Kier molecular flexibility index (Phi) is 5.23. The molecular formula is C22H24N2O4. The molecule has 0 aliphatic carbocycles. The predicted octanol–water partition coefficient (Wildman–Crippen LogP) is 4.00. The average Bonchev–Trinajstić information content (AvgIpc) is 2.93. The molecule has 1 aliphatic heterocycles.